The van der Waals surface area contributed by atoms with Gasteiger partial charge in [0, 0.05) is 6.21 Å². The summed E-state index contributed by atoms with van der Waals surface area (Å²) in [5, 5.41) is 0. The van der Waals surface area contributed by atoms with Gasteiger partial charge in [-0.15, -0.1) is 0 Å². The van der Waals surface area contributed by atoms with Crippen molar-refractivity contribution in [2.45, 2.75) is 0 Å². The number of benzene rings is 3. The second kappa shape index (κ2) is 6.72. The van der Waals surface area contributed by atoms with Gasteiger partial charge in [0.05, 0.1) is 12.8 Å². The zero-order chi connectivity index (χ0) is 15.2. The Morgan fingerprint density at radius 1 is 0.727 bits per heavy atom. The van der Waals surface area contributed by atoms with E-state index in [0.717, 1.165) is 17.0 Å². The maximum Gasteiger partial charge on any atom is 0.118 e. The second-order valence-corrected chi connectivity index (χ2v) is 4.94. The fourth-order valence-corrected chi connectivity index (χ4v) is 2.21. The molecule has 0 aliphatic carbocycles. The van der Waals surface area contributed by atoms with E-state index >= 15 is 0 Å². The molecule has 0 bridgehead atoms. The Kier molecular flexibility index (Phi) is 4.30. The summed E-state index contributed by atoms with van der Waals surface area (Å²) in [6.45, 7) is 0. The zero-order valence-electron chi connectivity index (χ0n) is 12.4. The first-order chi connectivity index (χ1) is 10.8. The third kappa shape index (κ3) is 3.41. The summed E-state index contributed by atoms with van der Waals surface area (Å²) in [4.78, 5) is 4.49. The molecule has 3 aromatic carbocycles. The minimum absolute atomic E-state index is 0.868. The van der Waals surface area contributed by atoms with Crippen molar-refractivity contribution in [1.29, 1.82) is 0 Å². The summed E-state index contributed by atoms with van der Waals surface area (Å²) in [7, 11) is 1.68. The highest BCUT2D eigenvalue weighted by molar-refractivity contribution is 5.82. The predicted molar refractivity (Wildman–Crippen MR) is 92.1 cm³/mol. The monoisotopic (exact) mass is 287 g/mol. The van der Waals surface area contributed by atoms with Crippen LogP contribution in [0.25, 0.3) is 11.1 Å². The molecule has 0 spiro atoms. The van der Waals surface area contributed by atoms with Gasteiger partial charge in [0.25, 0.3) is 0 Å². The molecule has 0 radical (unpaired) electrons. The summed E-state index contributed by atoms with van der Waals surface area (Å²) in [5.41, 5.74) is 4.38. The average molecular weight is 287 g/mol. The van der Waals surface area contributed by atoms with Crippen molar-refractivity contribution in [3.05, 3.63) is 84.4 Å². The standard InChI is InChI=1S/C20H17NO/c1-22-20-13-9-18(10-14-20)17-7-11-19(12-8-17)21-15-16-5-3-2-4-6-16/h2-15H,1H3. The normalized spacial score (nSPS) is 10.8. The first-order valence-corrected chi connectivity index (χ1v) is 7.19. The van der Waals surface area contributed by atoms with Crippen LogP contribution in [-0.4, -0.2) is 13.3 Å². The highest BCUT2D eigenvalue weighted by atomic mass is 16.5. The van der Waals surface area contributed by atoms with Gasteiger partial charge in [0.1, 0.15) is 5.75 Å². The molecule has 0 N–H and O–H groups in total. The maximum absolute atomic E-state index is 5.18. The van der Waals surface area contributed by atoms with Crippen molar-refractivity contribution in [3.63, 3.8) is 0 Å². The molecule has 0 aliphatic heterocycles. The van der Waals surface area contributed by atoms with Gasteiger partial charge in [-0.2, -0.15) is 0 Å². The van der Waals surface area contributed by atoms with Gasteiger partial charge < -0.3 is 4.74 Å². The Hall–Kier alpha value is -2.87. The van der Waals surface area contributed by atoms with Gasteiger partial charge in [-0.25, -0.2) is 0 Å². The van der Waals surface area contributed by atoms with Crippen molar-refractivity contribution in [1.82, 2.24) is 0 Å². The van der Waals surface area contributed by atoms with Gasteiger partial charge in [0.2, 0.25) is 0 Å². The summed E-state index contributed by atoms with van der Waals surface area (Å²) < 4.78 is 5.18. The molecule has 0 atom stereocenters. The average Bonchev–Trinajstić information content (AvgIpc) is 2.61. The SMILES string of the molecule is COc1ccc(-c2ccc(N=Cc3ccccc3)cc2)cc1. The largest absolute Gasteiger partial charge is 0.497 e. The minimum atomic E-state index is 0.868. The highest BCUT2D eigenvalue weighted by Crippen LogP contribution is 2.24. The molecule has 0 saturated heterocycles. The Morgan fingerprint density at radius 3 is 1.91 bits per heavy atom. The topological polar surface area (TPSA) is 21.6 Å². The van der Waals surface area contributed by atoms with Gasteiger partial charge in [-0.1, -0.05) is 54.6 Å². The highest BCUT2D eigenvalue weighted by Gasteiger charge is 1.98. The molecule has 0 saturated carbocycles. The van der Waals surface area contributed by atoms with Crippen molar-refractivity contribution >= 4 is 11.9 Å². The van der Waals surface area contributed by atoms with Crippen LogP contribution in [0.5, 0.6) is 5.75 Å². The molecule has 2 heteroatoms. The molecule has 3 rings (SSSR count). The van der Waals surface area contributed by atoms with Gasteiger partial charge in [-0.3, -0.25) is 4.99 Å². The number of nitrogens with zero attached hydrogens (tertiary/aromatic N) is 1. The molecule has 108 valence electrons. The van der Waals surface area contributed by atoms with Crippen LogP contribution in [0.2, 0.25) is 0 Å². The number of hydrogen-bond acceptors (Lipinski definition) is 2. The molecule has 3 aromatic rings. The van der Waals surface area contributed by atoms with E-state index in [0.29, 0.717) is 0 Å². The quantitative estimate of drug-likeness (QED) is 0.611. The van der Waals surface area contributed by atoms with Crippen LogP contribution in [0.4, 0.5) is 5.69 Å². The van der Waals surface area contributed by atoms with Crippen LogP contribution in [0.15, 0.2) is 83.9 Å². The van der Waals surface area contributed by atoms with E-state index in [1.54, 1.807) is 7.11 Å². The van der Waals surface area contributed by atoms with E-state index in [1.165, 1.54) is 11.1 Å². The Labute approximate surface area is 130 Å². The molecule has 0 amide bonds. The van der Waals surface area contributed by atoms with Crippen LogP contribution < -0.4 is 4.74 Å². The molecule has 0 aliphatic rings. The lowest BCUT2D eigenvalue weighted by atomic mass is 10.1. The molecule has 0 aromatic heterocycles. The van der Waals surface area contributed by atoms with E-state index in [1.807, 2.05) is 60.8 Å². The maximum atomic E-state index is 5.18. The van der Waals surface area contributed by atoms with Gasteiger partial charge in [-0.05, 0) is 41.0 Å². The van der Waals surface area contributed by atoms with Gasteiger partial charge >= 0.3 is 0 Å². The summed E-state index contributed by atoms with van der Waals surface area (Å²) >= 11 is 0. The second-order valence-electron chi connectivity index (χ2n) is 4.94. The molecular weight excluding hydrogens is 270 g/mol. The number of methoxy groups -OCH3 is 1. The molecule has 2 nitrogen and oxygen atoms in total. The van der Waals surface area contributed by atoms with Crippen LogP contribution in [0.1, 0.15) is 5.56 Å². The first-order valence-electron chi connectivity index (χ1n) is 7.19. The summed E-state index contributed by atoms with van der Waals surface area (Å²) in [6, 6.07) is 26.4. The zero-order valence-corrected chi connectivity index (χ0v) is 12.4. The van der Waals surface area contributed by atoms with Crippen LogP contribution >= 0.6 is 0 Å². The van der Waals surface area contributed by atoms with E-state index in [4.69, 9.17) is 4.74 Å². The van der Waals surface area contributed by atoms with E-state index in [2.05, 4.69) is 29.3 Å². The van der Waals surface area contributed by atoms with Crippen molar-refractivity contribution in [3.8, 4) is 16.9 Å². The Balaban J connectivity index is 1.76. The summed E-state index contributed by atoms with van der Waals surface area (Å²) in [6.07, 6.45) is 1.88. The lowest BCUT2D eigenvalue weighted by Gasteiger charge is -2.04. The van der Waals surface area contributed by atoms with Crippen LogP contribution in [-0.2, 0) is 0 Å². The Bertz CT molecular complexity index is 744. The molecule has 0 unspecified atom stereocenters. The number of rotatable bonds is 4. The smallest absolute Gasteiger partial charge is 0.118 e. The van der Waals surface area contributed by atoms with Crippen molar-refractivity contribution in [2.24, 2.45) is 4.99 Å². The van der Waals surface area contributed by atoms with Crippen LogP contribution in [0.3, 0.4) is 0 Å². The molecule has 0 heterocycles. The molecule has 0 fully saturated rings. The lowest BCUT2D eigenvalue weighted by molar-refractivity contribution is 0.415. The van der Waals surface area contributed by atoms with E-state index in [-0.39, 0.29) is 0 Å². The van der Waals surface area contributed by atoms with Gasteiger partial charge in [0.15, 0.2) is 0 Å². The predicted octanol–water partition coefficient (Wildman–Crippen LogP) is 5.11. The van der Waals surface area contributed by atoms with Crippen molar-refractivity contribution < 1.29 is 4.74 Å². The molecule has 22 heavy (non-hydrogen) atoms. The molecular formula is C20H17NO. The van der Waals surface area contributed by atoms with Crippen LogP contribution in [0, 0.1) is 0 Å². The third-order valence-electron chi connectivity index (χ3n) is 3.45. The minimum Gasteiger partial charge on any atom is -0.497 e. The lowest BCUT2D eigenvalue weighted by Crippen LogP contribution is -1.82. The van der Waals surface area contributed by atoms with E-state index in [9.17, 15) is 0 Å². The number of hydrogen-bond donors (Lipinski definition) is 0. The fraction of sp³-hybridized carbons (Fsp3) is 0.0500. The number of aliphatic imine (C=N–C) groups is 1. The third-order valence-corrected chi connectivity index (χ3v) is 3.45. The summed E-state index contributed by atoms with van der Waals surface area (Å²) in [5.74, 6) is 0.868. The van der Waals surface area contributed by atoms with E-state index < -0.39 is 0 Å². The first kappa shape index (κ1) is 14.1. The Morgan fingerprint density at radius 2 is 1.32 bits per heavy atom. The number of ether oxygens (including phenoxy) is 1. The fourth-order valence-electron chi connectivity index (χ4n) is 2.21. The van der Waals surface area contributed by atoms with Crippen molar-refractivity contribution in [2.75, 3.05) is 7.11 Å².